The Morgan fingerprint density at radius 1 is 0.977 bits per heavy atom. The summed E-state index contributed by atoms with van der Waals surface area (Å²) in [5.41, 5.74) is 3.70. The van der Waals surface area contributed by atoms with Crippen molar-refractivity contribution in [3.8, 4) is 11.4 Å². The maximum absolute atomic E-state index is 14.0. The van der Waals surface area contributed by atoms with E-state index in [1.807, 2.05) is 17.0 Å². The first kappa shape index (κ1) is 28.5. The monoisotopic (exact) mass is 585 g/mol. The van der Waals surface area contributed by atoms with E-state index in [2.05, 4.69) is 42.9 Å². The number of benzene rings is 3. The number of carbonyl (C=O) groups is 2. The first-order valence-corrected chi connectivity index (χ1v) is 14.0. The summed E-state index contributed by atoms with van der Waals surface area (Å²) in [7, 11) is 0. The number of carboxylic acids is 1. The molecule has 0 radical (unpaired) electrons. The molecule has 9 heteroatoms. The molecule has 1 aliphatic carbocycles. The second kappa shape index (κ2) is 9.97. The van der Waals surface area contributed by atoms with E-state index in [4.69, 9.17) is 0 Å². The lowest BCUT2D eigenvalue weighted by Gasteiger charge is -2.50. The zero-order chi connectivity index (χ0) is 30.7. The van der Waals surface area contributed by atoms with Gasteiger partial charge in [0.05, 0.1) is 27.7 Å². The molecule has 0 saturated carbocycles. The zero-order valence-electron chi connectivity index (χ0n) is 23.9. The topological polar surface area (TPSA) is 86.3 Å². The van der Waals surface area contributed by atoms with E-state index in [0.717, 1.165) is 23.3 Å². The molecular weight excluding hydrogens is 555 g/mol. The second-order valence-corrected chi connectivity index (χ2v) is 12.1. The van der Waals surface area contributed by atoms with Crippen LogP contribution in [-0.4, -0.2) is 44.9 Å². The van der Waals surface area contributed by atoms with E-state index in [1.54, 1.807) is 36.4 Å². The van der Waals surface area contributed by atoms with Crippen molar-refractivity contribution in [1.82, 2.24) is 14.9 Å². The quantitative estimate of drug-likeness (QED) is 0.239. The molecule has 0 bridgehead atoms. The number of amides is 1. The van der Waals surface area contributed by atoms with Crippen LogP contribution in [0.4, 0.5) is 13.2 Å². The largest absolute Gasteiger partial charge is 0.478 e. The predicted molar refractivity (Wildman–Crippen MR) is 158 cm³/mol. The van der Waals surface area contributed by atoms with Crippen molar-refractivity contribution >= 4 is 28.5 Å². The van der Waals surface area contributed by atoms with Crippen LogP contribution in [-0.2, 0) is 6.18 Å². The van der Waals surface area contributed by atoms with Gasteiger partial charge in [0.2, 0.25) is 0 Å². The highest BCUT2D eigenvalue weighted by molar-refractivity contribution is 6.01. The smallest absolute Gasteiger partial charge is 0.416 e. The van der Waals surface area contributed by atoms with Crippen LogP contribution in [0.15, 0.2) is 84.5 Å². The number of aromatic nitrogens is 2. The van der Waals surface area contributed by atoms with E-state index in [0.29, 0.717) is 42.0 Å². The van der Waals surface area contributed by atoms with Crippen molar-refractivity contribution in [3.63, 3.8) is 0 Å². The summed E-state index contributed by atoms with van der Waals surface area (Å²) in [6, 6.07) is 17.3. The molecule has 2 N–H and O–H groups in total. The highest BCUT2D eigenvalue weighted by Crippen LogP contribution is 2.55. The molecule has 6 rings (SSSR count). The molecule has 0 saturated heterocycles. The van der Waals surface area contributed by atoms with Crippen molar-refractivity contribution in [2.75, 3.05) is 13.1 Å². The zero-order valence-corrected chi connectivity index (χ0v) is 23.9. The number of carboxylic acid groups (broad SMARTS) is 1. The van der Waals surface area contributed by atoms with Crippen LogP contribution < -0.4 is 0 Å². The number of aromatic amines is 1. The number of imidazole rings is 1. The van der Waals surface area contributed by atoms with Gasteiger partial charge in [-0.15, -0.1) is 0 Å². The Bertz CT molecular complexity index is 1830. The van der Waals surface area contributed by atoms with E-state index < -0.39 is 17.7 Å². The third kappa shape index (κ3) is 4.92. The van der Waals surface area contributed by atoms with Crippen LogP contribution in [0, 0.1) is 10.8 Å². The molecule has 0 spiro atoms. The molecule has 1 atom stereocenters. The molecule has 1 amide bonds. The van der Waals surface area contributed by atoms with Gasteiger partial charge >= 0.3 is 12.1 Å². The minimum absolute atomic E-state index is 0.176. The van der Waals surface area contributed by atoms with Gasteiger partial charge in [-0.3, -0.25) is 4.79 Å². The van der Waals surface area contributed by atoms with Gasteiger partial charge in [-0.2, -0.15) is 13.2 Å². The lowest BCUT2D eigenvalue weighted by atomic mass is 9.58. The number of nitrogens with zero attached hydrogens (tertiary/aromatic N) is 2. The van der Waals surface area contributed by atoms with E-state index in [1.165, 1.54) is 11.6 Å². The van der Waals surface area contributed by atoms with Crippen LogP contribution in [0.2, 0.25) is 0 Å². The SMILES string of the molecule is CC1(C)C(c2ccc(C(=O)O)cc2)=CC[C@]2(C)CN(C(=O)c3ccccc3-c3nc4cc(C(F)(F)F)ccc4[nH]3)CC=C12. The third-order valence-corrected chi connectivity index (χ3v) is 8.76. The summed E-state index contributed by atoms with van der Waals surface area (Å²) in [6.45, 7) is 7.37. The molecule has 1 aliphatic heterocycles. The van der Waals surface area contributed by atoms with Gasteiger partial charge in [0.1, 0.15) is 5.82 Å². The number of rotatable bonds is 4. The average Bonchev–Trinajstić information content (AvgIpc) is 3.39. The molecule has 2 heterocycles. The van der Waals surface area contributed by atoms with Gasteiger partial charge in [-0.25, -0.2) is 9.78 Å². The van der Waals surface area contributed by atoms with Crippen LogP contribution in [0.1, 0.15) is 59.0 Å². The Kier molecular flexibility index (Phi) is 6.60. The summed E-state index contributed by atoms with van der Waals surface area (Å²) in [4.78, 5) is 34.6. The average molecular weight is 586 g/mol. The molecule has 0 fully saturated rings. The number of H-pyrrole nitrogens is 1. The Hall–Kier alpha value is -4.66. The third-order valence-electron chi connectivity index (χ3n) is 8.76. The fourth-order valence-electron chi connectivity index (χ4n) is 6.71. The standard InChI is InChI=1S/C34H30F3N3O3/c1-32(2)25(20-8-10-21(11-9-20)31(42)43)14-16-33(3)19-40(17-15-28(32)33)30(41)24-7-5-4-6-23(24)29-38-26-13-12-22(34(35,36)37)18-27(26)39-29/h4-15,18H,16-17,19H2,1-3H3,(H,38,39)(H,42,43)/t33-/m1/s1. The van der Waals surface area contributed by atoms with Gasteiger partial charge in [-0.1, -0.05) is 68.8 Å². The first-order chi connectivity index (χ1) is 20.3. The van der Waals surface area contributed by atoms with Gasteiger partial charge < -0.3 is 15.0 Å². The van der Waals surface area contributed by atoms with E-state index in [9.17, 15) is 27.9 Å². The number of carbonyl (C=O) groups excluding carboxylic acids is 1. The normalized spacial score (nSPS) is 19.9. The maximum atomic E-state index is 14.0. The van der Waals surface area contributed by atoms with Crippen molar-refractivity contribution in [2.24, 2.45) is 10.8 Å². The number of nitrogens with one attached hydrogen (secondary N) is 1. The molecule has 0 unspecified atom stereocenters. The molecule has 1 aromatic heterocycles. The van der Waals surface area contributed by atoms with Gasteiger partial charge in [0, 0.05) is 29.5 Å². The number of hydrogen-bond donors (Lipinski definition) is 2. The highest BCUT2D eigenvalue weighted by Gasteiger charge is 2.46. The Balaban J connectivity index is 1.29. The molecule has 4 aromatic rings. The summed E-state index contributed by atoms with van der Waals surface area (Å²) < 4.78 is 39.8. The van der Waals surface area contributed by atoms with Gasteiger partial charge in [0.15, 0.2) is 0 Å². The lowest BCUT2D eigenvalue weighted by molar-refractivity contribution is -0.137. The molecular formula is C34H30F3N3O3. The number of hydrogen-bond acceptors (Lipinski definition) is 3. The number of fused-ring (bicyclic) bond motifs is 2. The van der Waals surface area contributed by atoms with Crippen molar-refractivity contribution < 1.29 is 27.9 Å². The van der Waals surface area contributed by atoms with Crippen molar-refractivity contribution in [2.45, 2.75) is 33.4 Å². The molecule has 220 valence electrons. The summed E-state index contributed by atoms with van der Waals surface area (Å²) in [6.07, 6.45) is 0.544. The Morgan fingerprint density at radius 3 is 2.40 bits per heavy atom. The minimum Gasteiger partial charge on any atom is -0.478 e. The molecule has 6 nitrogen and oxygen atoms in total. The summed E-state index contributed by atoms with van der Waals surface area (Å²) in [5.74, 6) is -0.813. The number of allylic oxidation sites excluding steroid dienone is 2. The number of halogens is 3. The van der Waals surface area contributed by atoms with Gasteiger partial charge in [0.25, 0.3) is 5.91 Å². The number of alkyl halides is 3. The second-order valence-electron chi connectivity index (χ2n) is 12.1. The van der Waals surface area contributed by atoms with Crippen LogP contribution in [0.3, 0.4) is 0 Å². The van der Waals surface area contributed by atoms with E-state index in [-0.39, 0.29) is 27.8 Å². The molecule has 2 aliphatic rings. The van der Waals surface area contributed by atoms with Crippen molar-refractivity contribution in [1.29, 1.82) is 0 Å². The highest BCUT2D eigenvalue weighted by atomic mass is 19.4. The van der Waals surface area contributed by atoms with Crippen LogP contribution in [0.25, 0.3) is 28.0 Å². The Labute approximate surface area is 246 Å². The van der Waals surface area contributed by atoms with Crippen molar-refractivity contribution in [3.05, 3.63) is 107 Å². The fraction of sp³-hybridized carbons (Fsp3) is 0.265. The molecule has 3 aromatic carbocycles. The van der Waals surface area contributed by atoms with Crippen LogP contribution >= 0.6 is 0 Å². The Morgan fingerprint density at radius 2 is 1.70 bits per heavy atom. The molecule has 43 heavy (non-hydrogen) atoms. The first-order valence-electron chi connectivity index (χ1n) is 14.0. The number of aromatic carboxylic acids is 1. The predicted octanol–water partition coefficient (Wildman–Crippen LogP) is 7.85. The van der Waals surface area contributed by atoms with E-state index >= 15 is 0 Å². The fourth-order valence-corrected chi connectivity index (χ4v) is 6.71. The summed E-state index contributed by atoms with van der Waals surface area (Å²) in [5, 5.41) is 9.28. The summed E-state index contributed by atoms with van der Waals surface area (Å²) >= 11 is 0. The van der Waals surface area contributed by atoms with Crippen LogP contribution in [0.5, 0.6) is 0 Å². The van der Waals surface area contributed by atoms with Gasteiger partial charge in [-0.05, 0) is 54.0 Å². The maximum Gasteiger partial charge on any atom is 0.416 e. The lowest BCUT2D eigenvalue weighted by Crippen LogP contribution is -2.48. The minimum atomic E-state index is -4.48.